The van der Waals surface area contributed by atoms with E-state index in [0.717, 1.165) is 53.8 Å². The van der Waals surface area contributed by atoms with Gasteiger partial charge in [0, 0.05) is 54.2 Å². The van der Waals surface area contributed by atoms with Crippen molar-refractivity contribution in [2.24, 2.45) is 0 Å². The summed E-state index contributed by atoms with van der Waals surface area (Å²) in [5.41, 5.74) is 2.66. The Morgan fingerprint density at radius 2 is 1.90 bits per heavy atom. The molecular formula is C20H17BrCl2N2O4. The molecule has 0 saturated carbocycles. The zero-order chi connectivity index (χ0) is 20.5. The maximum absolute atomic E-state index is 10.7. The Balaban J connectivity index is 1.46. The van der Waals surface area contributed by atoms with Crippen molar-refractivity contribution in [1.29, 1.82) is 0 Å². The monoisotopic (exact) mass is 498 g/mol. The molecule has 0 amide bonds. The summed E-state index contributed by atoms with van der Waals surface area (Å²) in [4.78, 5) is 15.4. The summed E-state index contributed by atoms with van der Waals surface area (Å²) in [5, 5.41) is 10.9. The number of rotatable bonds is 4. The Hall–Kier alpha value is -1.93. The Labute approximate surface area is 185 Å². The van der Waals surface area contributed by atoms with E-state index in [1.165, 1.54) is 0 Å². The van der Waals surface area contributed by atoms with Crippen LogP contribution in [0.25, 0.3) is 11.0 Å². The van der Waals surface area contributed by atoms with E-state index >= 15 is 0 Å². The Bertz CT molecular complexity index is 1060. The highest BCUT2D eigenvalue weighted by atomic mass is 79.9. The smallest absolute Gasteiger partial charge is 0.449 e. The minimum Gasteiger partial charge on any atom is -0.449 e. The summed E-state index contributed by atoms with van der Waals surface area (Å²) in [6.07, 6.45) is -1.41. The number of fused-ring (bicyclic) bond motifs is 1. The van der Waals surface area contributed by atoms with Gasteiger partial charge in [-0.2, -0.15) is 0 Å². The number of carboxylic acid groups (broad SMARTS) is 1. The number of ether oxygens (including phenoxy) is 1. The van der Waals surface area contributed by atoms with Crippen molar-refractivity contribution in [3.05, 3.63) is 56.5 Å². The van der Waals surface area contributed by atoms with Gasteiger partial charge in [0.05, 0.1) is 10.2 Å². The first-order valence-corrected chi connectivity index (χ1v) is 10.5. The third-order valence-electron chi connectivity index (χ3n) is 4.90. The summed E-state index contributed by atoms with van der Waals surface area (Å²) in [6.45, 7) is 4.27. The predicted octanol–water partition coefficient (Wildman–Crippen LogP) is 5.88. The van der Waals surface area contributed by atoms with Crippen molar-refractivity contribution in [3.8, 4) is 5.95 Å². The molecule has 29 heavy (non-hydrogen) atoms. The molecule has 9 heteroatoms. The van der Waals surface area contributed by atoms with E-state index < -0.39 is 6.16 Å². The van der Waals surface area contributed by atoms with Gasteiger partial charge in [-0.1, -0.05) is 29.3 Å². The molecule has 0 spiro atoms. The molecule has 0 atom stereocenters. The highest BCUT2D eigenvalue weighted by Crippen LogP contribution is 2.38. The molecule has 1 N–H and O–H groups in total. The summed E-state index contributed by atoms with van der Waals surface area (Å²) in [6, 6.07) is 11.0. The molecule has 0 radical (unpaired) electrons. The number of nitrogens with zero attached hydrogens (tertiary/aromatic N) is 2. The normalized spacial score (nSPS) is 15.1. The lowest BCUT2D eigenvalue weighted by Gasteiger charge is -2.36. The Kier molecular flexibility index (Phi) is 5.92. The van der Waals surface area contributed by atoms with Crippen LogP contribution in [0.2, 0.25) is 10.0 Å². The van der Waals surface area contributed by atoms with Gasteiger partial charge in [-0.05, 0) is 45.8 Å². The lowest BCUT2D eigenvalue weighted by atomic mass is 10.1. The molecule has 1 fully saturated rings. The van der Waals surface area contributed by atoms with Crippen LogP contribution in [0.1, 0.15) is 5.56 Å². The first kappa shape index (κ1) is 20.3. The van der Waals surface area contributed by atoms with Crippen LogP contribution in [-0.4, -0.2) is 42.3 Å². The minimum atomic E-state index is -1.41. The zero-order valence-corrected chi connectivity index (χ0v) is 18.3. The van der Waals surface area contributed by atoms with Crippen molar-refractivity contribution in [2.75, 3.05) is 31.1 Å². The second kappa shape index (κ2) is 8.44. The molecule has 2 heterocycles. The maximum atomic E-state index is 10.7. The number of piperazine rings is 1. The fraction of sp³-hybridized carbons (Fsp3) is 0.250. The van der Waals surface area contributed by atoms with Crippen LogP contribution in [0, 0.1) is 0 Å². The summed E-state index contributed by atoms with van der Waals surface area (Å²) in [7, 11) is 0. The van der Waals surface area contributed by atoms with Gasteiger partial charge in [0.2, 0.25) is 0 Å². The van der Waals surface area contributed by atoms with Crippen molar-refractivity contribution in [1.82, 2.24) is 4.90 Å². The summed E-state index contributed by atoms with van der Waals surface area (Å²) >= 11 is 15.9. The van der Waals surface area contributed by atoms with Crippen LogP contribution in [-0.2, 0) is 6.54 Å². The molecule has 2 aromatic carbocycles. The van der Waals surface area contributed by atoms with Gasteiger partial charge >= 0.3 is 6.16 Å². The van der Waals surface area contributed by atoms with Crippen LogP contribution in [0.15, 0.2) is 45.3 Å². The SMILES string of the molecule is O=C(O)Oc1cc2c(Br)c(N3CCN(Cc4ccc(Cl)cc4Cl)CC3)ccc2o1. The van der Waals surface area contributed by atoms with Crippen molar-refractivity contribution < 1.29 is 19.1 Å². The van der Waals surface area contributed by atoms with Gasteiger partial charge in [-0.3, -0.25) is 4.90 Å². The molecule has 1 aliphatic heterocycles. The van der Waals surface area contributed by atoms with Crippen LogP contribution < -0.4 is 9.64 Å². The van der Waals surface area contributed by atoms with Crippen LogP contribution >= 0.6 is 39.1 Å². The summed E-state index contributed by atoms with van der Waals surface area (Å²) in [5.74, 6) is -0.0463. The van der Waals surface area contributed by atoms with Crippen molar-refractivity contribution in [2.45, 2.75) is 6.54 Å². The van der Waals surface area contributed by atoms with Crippen molar-refractivity contribution >= 4 is 61.9 Å². The summed E-state index contributed by atoms with van der Waals surface area (Å²) < 4.78 is 10.9. The minimum absolute atomic E-state index is 0.0463. The third kappa shape index (κ3) is 4.48. The standard InChI is InChI=1S/C20H17BrCl2N2O4/c21-19-14-10-18(29-20(26)27)28-17(14)4-3-16(19)25-7-5-24(6-8-25)11-12-1-2-13(22)9-15(12)23/h1-4,9-10H,5-8,11H2,(H,26,27). The van der Waals surface area contributed by atoms with Gasteiger partial charge in [-0.25, -0.2) is 4.79 Å². The Morgan fingerprint density at radius 1 is 1.14 bits per heavy atom. The van der Waals surface area contributed by atoms with Crippen LogP contribution in [0.5, 0.6) is 5.95 Å². The van der Waals surface area contributed by atoms with Gasteiger partial charge < -0.3 is 19.2 Å². The molecular weight excluding hydrogens is 483 g/mol. The number of benzene rings is 2. The number of furan rings is 1. The average molecular weight is 500 g/mol. The second-order valence-electron chi connectivity index (χ2n) is 6.74. The van der Waals surface area contributed by atoms with E-state index in [0.29, 0.717) is 15.6 Å². The highest BCUT2D eigenvalue weighted by molar-refractivity contribution is 9.10. The number of hydrogen-bond acceptors (Lipinski definition) is 5. The van der Waals surface area contributed by atoms with Crippen LogP contribution in [0.3, 0.4) is 0 Å². The van der Waals surface area contributed by atoms with E-state index in [4.69, 9.17) is 32.7 Å². The third-order valence-corrected chi connectivity index (χ3v) is 6.32. The molecule has 152 valence electrons. The first-order valence-electron chi connectivity index (χ1n) is 8.95. The lowest BCUT2D eigenvalue weighted by Crippen LogP contribution is -2.46. The van der Waals surface area contributed by atoms with Gasteiger partial charge in [0.25, 0.3) is 5.95 Å². The molecule has 4 rings (SSSR count). The molecule has 0 bridgehead atoms. The van der Waals surface area contributed by atoms with E-state index in [1.807, 2.05) is 24.3 Å². The molecule has 1 aliphatic rings. The van der Waals surface area contributed by atoms with Crippen molar-refractivity contribution in [3.63, 3.8) is 0 Å². The van der Waals surface area contributed by atoms with Gasteiger partial charge in [0.1, 0.15) is 5.58 Å². The maximum Gasteiger partial charge on any atom is 0.513 e. The molecule has 1 saturated heterocycles. The molecule has 1 aromatic heterocycles. The van der Waals surface area contributed by atoms with Gasteiger partial charge in [-0.15, -0.1) is 0 Å². The second-order valence-corrected chi connectivity index (χ2v) is 8.38. The quantitative estimate of drug-likeness (QED) is 0.452. The number of carbonyl (C=O) groups is 1. The molecule has 3 aromatic rings. The van der Waals surface area contributed by atoms with E-state index in [1.54, 1.807) is 12.1 Å². The largest absolute Gasteiger partial charge is 0.513 e. The molecule has 0 unspecified atom stereocenters. The Morgan fingerprint density at radius 3 is 2.59 bits per heavy atom. The number of halogens is 3. The van der Waals surface area contributed by atoms with Gasteiger partial charge in [0.15, 0.2) is 0 Å². The van der Waals surface area contributed by atoms with Crippen LogP contribution in [0.4, 0.5) is 10.5 Å². The first-order chi connectivity index (χ1) is 13.9. The molecule has 0 aliphatic carbocycles. The fourth-order valence-corrected chi connectivity index (χ4v) is 4.62. The average Bonchev–Trinajstić information content (AvgIpc) is 3.08. The predicted molar refractivity (Wildman–Crippen MR) is 117 cm³/mol. The fourth-order valence-electron chi connectivity index (χ4n) is 3.46. The van der Waals surface area contributed by atoms with E-state index in [-0.39, 0.29) is 5.95 Å². The number of anilines is 1. The lowest BCUT2D eigenvalue weighted by molar-refractivity contribution is 0.134. The number of hydrogen-bond donors (Lipinski definition) is 1. The van der Waals surface area contributed by atoms with E-state index in [9.17, 15) is 4.79 Å². The zero-order valence-electron chi connectivity index (χ0n) is 15.2. The van der Waals surface area contributed by atoms with E-state index in [2.05, 4.69) is 30.5 Å². The molecule has 6 nitrogen and oxygen atoms in total. The highest BCUT2D eigenvalue weighted by Gasteiger charge is 2.22. The topological polar surface area (TPSA) is 66.2 Å².